The summed E-state index contributed by atoms with van der Waals surface area (Å²) in [5, 5.41) is 13.6. The van der Waals surface area contributed by atoms with Crippen LogP contribution in [0.25, 0.3) is 0 Å². The first-order chi connectivity index (χ1) is 12.7. The number of hydrogen-bond donors (Lipinski definition) is 2. The van der Waals surface area contributed by atoms with Crippen molar-refractivity contribution in [3.05, 3.63) is 53.6 Å². The minimum atomic E-state index is -0.376. The summed E-state index contributed by atoms with van der Waals surface area (Å²) in [5.74, 6) is 0.423. The quantitative estimate of drug-likeness (QED) is 0.883. The van der Waals surface area contributed by atoms with E-state index in [2.05, 4.69) is 5.32 Å². The number of carbonyl (C=O) groups excluding carboxylic acids is 1. The molecule has 0 spiro atoms. The molecule has 0 unspecified atom stereocenters. The van der Waals surface area contributed by atoms with Gasteiger partial charge in [0.1, 0.15) is 6.17 Å². The maximum Gasteiger partial charge on any atom is 0.257 e. The van der Waals surface area contributed by atoms with Gasteiger partial charge in [0.2, 0.25) is 0 Å². The summed E-state index contributed by atoms with van der Waals surface area (Å²) in [7, 11) is 1.51. The number of aromatic hydroxyl groups is 1. The van der Waals surface area contributed by atoms with Gasteiger partial charge in [-0.25, -0.2) is 0 Å². The van der Waals surface area contributed by atoms with E-state index in [1.807, 2.05) is 30.3 Å². The lowest BCUT2D eigenvalue weighted by molar-refractivity contribution is 0.0426. The topological polar surface area (TPSA) is 71.0 Å². The van der Waals surface area contributed by atoms with Crippen LogP contribution in [0.3, 0.4) is 0 Å². The van der Waals surface area contributed by atoms with Crippen molar-refractivity contribution in [1.82, 2.24) is 4.90 Å². The van der Waals surface area contributed by atoms with Crippen LogP contribution in [0.5, 0.6) is 11.5 Å². The second-order valence-corrected chi connectivity index (χ2v) is 6.62. The van der Waals surface area contributed by atoms with Crippen molar-refractivity contribution in [2.24, 2.45) is 0 Å². The molecular weight excluding hydrogens is 332 g/mol. The zero-order valence-electron chi connectivity index (χ0n) is 14.6. The number of carbonyl (C=O) groups is 1. The Morgan fingerprint density at radius 3 is 2.88 bits per heavy atom. The molecule has 4 rings (SSSR count). The van der Waals surface area contributed by atoms with Crippen LogP contribution in [0.2, 0.25) is 0 Å². The smallest absolute Gasteiger partial charge is 0.257 e. The number of methoxy groups -OCH3 is 1. The van der Waals surface area contributed by atoms with Gasteiger partial charge in [-0.2, -0.15) is 0 Å². The molecule has 6 nitrogen and oxygen atoms in total. The third-order valence-corrected chi connectivity index (χ3v) is 4.97. The maximum absolute atomic E-state index is 13.1. The lowest BCUT2D eigenvalue weighted by Crippen LogP contribution is -2.46. The Morgan fingerprint density at radius 1 is 1.31 bits per heavy atom. The third-order valence-electron chi connectivity index (χ3n) is 4.97. The van der Waals surface area contributed by atoms with Crippen molar-refractivity contribution >= 4 is 11.6 Å². The number of amides is 1. The predicted octanol–water partition coefficient (Wildman–Crippen LogP) is 3.15. The van der Waals surface area contributed by atoms with E-state index < -0.39 is 0 Å². The van der Waals surface area contributed by atoms with Gasteiger partial charge < -0.3 is 24.8 Å². The normalized spacial score (nSPS) is 22.0. The number of nitrogens with zero attached hydrogens (tertiary/aromatic N) is 1. The Balaban J connectivity index is 1.71. The average molecular weight is 354 g/mol. The zero-order chi connectivity index (χ0) is 18.1. The van der Waals surface area contributed by atoms with Crippen LogP contribution in [0, 0.1) is 0 Å². The highest BCUT2D eigenvalue weighted by Crippen LogP contribution is 2.37. The Labute approximate surface area is 152 Å². The van der Waals surface area contributed by atoms with Gasteiger partial charge in [0.15, 0.2) is 11.5 Å². The van der Waals surface area contributed by atoms with Gasteiger partial charge >= 0.3 is 0 Å². The number of phenols is 1. The lowest BCUT2D eigenvalue weighted by Gasteiger charge is -2.39. The van der Waals surface area contributed by atoms with Crippen molar-refractivity contribution in [2.45, 2.75) is 25.1 Å². The zero-order valence-corrected chi connectivity index (χ0v) is 14.6. The van der Waals surface area contributed by atoms with Crippen LogP contribution in [-0.4, -0.2) is 42.3 Å². The highest BCUT2D eigenvalue weighted by Gasteiger charge is 2.35. The summed E-state index contributed by atoms with van der Waals surface area (Å²) in [6.45, 7) is 1.25. The van der Waals surface area contributed by atoms with E-state index in [9.17, 15) is 9.90 Å². The number of fused-ring (bicyclic) bond motifs is 1. The first-order valence-electron chi connectivity index (χ1n) is 8.82. The highest BCUT2D eigenvalue weighted by atomic mass is 16.5. The Bertz CT molecular complexity index is 817. The van der Waals surface area contributed by atoms with Crippen LogP contribution in [0.1, 0.15) is 34.9 Å². The van der Waals surface area contributed by atoms with Crippen LogP contribution in [-0.2, 0) is 4.74 Å². The summed E-state index contributed by atoms with van der Waals surface area (Å²) in [5.41, 5.74) is 2.24. The fraction of sp³-hybridized carbons (Fsp3) is 0.350. The van der Waals surface area contributed by atoms with E-state index in [1.165, 1.54) is 7.11 Å². The van der Waals surface area contributed by atoms with E-state index in [0.29, 0.717) is 17.9 Å². The summed E-state index contributed by atoms with van der Waals surface area (Å²) in [6, 6.07) is 12.7. The maximum atomic E-state index is 13.1. The fourth-order valence-corrected chi connectivity index (χ4v) is 3.63. The standard InChI is InChI=1S/C20H22N2O4/c1-25-18-9-8-13(11-17(18)23)19-21-16-7-3-2-6-15(16)20(24)22(19)12-14-5-4-10-26-14/h2-3,6-9,11,14,19,21,23H,4-5,10,12H2,1H3/t14-,19+/m0/s1. The van der Waals surface area contributed by atoms with E-state index in [1.54, 1.807) is 17.0 Å². The fourth-order valence-electron chi connectivity index (χ4n) is 3.63. The molecule has 0 aromatic heterocycles. The largest absolute Gasteiger partial charge is 0.504 e. The summed E-state index contributed by atoms with van der Waals surface area (Å²) < 4.78 is 10.9. The molecule has 1 saturated heterocycles. The second kappa shape index (κ2) is 6.88. The number of hydrogen-bond acceptors (Lipinski definition) is 5. The average Bonchev–Trinajstić information content (AvgIpc) is 3.17. The van der Waals surface area contributed by atoms with E-state index in [4.69, 9.17) is 9.47 Å². The molecule has 2 heterocycles. The van der Waals surface area contributed by atoms with Gasteiger partial charge in [0.05, 0.1) is 18.8 Å². The molecule has 2 aromatic rings. The van der Waals surface area contributed by atoms with Gasteiger partial charge in [-0.1, -0.05) is 18.2 Å². The number of ether oxygens (including phenoxy) is 2. The van der Waals surface area contributed by atoms with Crippen molar-refractivity contribution in [2.75, 3.05) is 25.6 Å². The molecule has 2 aromatic carbocycles. The summed E-state index contributed by atoms with van der Waals surface area (Å²) in [6.07, 6.45) is 1.63. The van der Waals surface area contributed by atoms with Crippen LogP contribution in [0.4, 0.5) is 5.69 Å². The van der Waals surface area contributed by atoms with Crippen LogP contribution in [0.15, 0.2) is 42.5 Å². The van der Waals surface area contributed by atoms with Gasteiger partial charge in [-0.15, -0.1) is 0 Å². The molecule has 2 aliphatic heterocycles. The van der Waals surface area contributed by atoms with E-state index in [-0.39, 0.29) is 23.9 Å². The molecule has 0 saturated carbocycles. The number of benzene rings is 2. The van der Waals surface area contributed by atoms with Crippen molar-refractivity contribution in [3.63, 3.8) is 0 Å². The molecule has 1 amide bonds. The summed E-state index contributed by atoms with van der Waals surface area (Å²) in [4.78, 5) is 14.9. The number of nitrogens with one attached hydrogen (secondary N) is 1. The molecule has 136 valence electrons. The summed E-state index contributed by atoms with van der Waals surface area (Å²) >= 11 is 0. The lowest BCUT2D eigenvalue weighted by atomic mass is 10.0. The number of anilines is 1. The van der Waals surface area contributed by atoms with Gasteiger partial charge in [-0.3, -0.25) is 4.79 Å². The Hall–Kier alpha value is -2.73. The monoisotopic (exact) mass is 354 g/mol. The van der Waals surface area contributed by atoms with Crippen molar-refractivity contribution in [1.29, 1.82) is 0 Å². The minimum absolute atomic E-state index is 0.0323. The molecule has 0 bridgehead atoms. The Kier molecular flexibility index (Phi) is 4.42. The molecule has 6 heteroatoms. The Morgan fingerprint density at radius 2 is 2.15 bits per heavy atom. The molecule has 2 N–H and O–H groups in total. The van der Waals surface area contributed by atoms with E-state index >= 15 is 0 Å². The van der Waals surface area contributed by atoms with Crippen LogP contribution < -0.4 is 10.1 Å². The van der Waals surface area contributed by atoms with E-state index in [0.717, 1.165) is 30.7 Å². The molecule has 0 aliphatic carbocycles. The van der Waals surface area contributed by atoms with Gasteiger partial charge in [0.25, 0.3) is 5.91 Å². The highest BCUT2D eigenvalue weighted by molar-refractivity contribution is 6.01. The SMILES string of the molecule is COc1ccc([C@@H]2Nc3ccccc3C(=O)N2C[C@@H]2CCCO2)cc1O. The first-order valence-corrected chi connectivity index (χ1v) is 8.82. The molecular formula is C20H22N2O4. The molecule has 2 atom stereocenters. The van der Waals surface area contributed by atoms with Gasteiger partial charge in [-0.05, 0) is 42.7 Å². The minimum Gasteiger partial charge on any atom is -0.504 e. The van der Waals surface area contributed by atoms with Crippen molar-refractivity contribution in [3.8, 4) is 11.5 Å². The van der Waals surface area contributed by atoms with Crippen molar-refractivity contribution < 1.29 is 19.4 Å². The molecule has 1 fully saturated rings. The number of para-hydroxylation sites is 1. The third kappa shape index (κ3) is 2.97. The number of phenolic OH excluding ortho intramolecular Hbond substituents is 1. The van der Waals surface area contributed by atoms with Gasteiger partial charge in [0, 0.05) is 18.8 Å². The predicted molar refractivity (Wildman–Crippen MR) is 97.5 cm³/mol. The number of rotatable bonds is 4. The first kappa shape index (κ1) is 16.7. The molecule has 26 heavy (non-hydrogen) atoms. The van der Waals surface area contributed by atoms with Crippen LogP contribution >= 0.6 is 0 Å². The second-order valence-electron chi connectivity index (χ2n) is 6.62. The molecule has 0 radical (unpaired) electrons. The molecule has 2 aliphatic rings.